The second-order valence-corrected chi connectivity index (χ2v) is 0.911. The minimum Gasteiger partial charge on any atom is -0.550 e. The van der Waals surface area contributed by atoms with Crippen LogP contribution in [-0.4, -0.2) is 12.5 Å². The van der Waals surface area contributed by atoms with Gasteiger partial charge in [0.2, 0.25) is 0 Å². The van der Waals surface area contributed by atoms with Crippen molar-refractivity contribution in [2.75, 3.05) is 6.54 Å². The Hall–Kier alpha value is 0.996. The van der Waals surface area contributed by atoms with Gasteiger partial charge in [-0.15, -0.1) is 0 Å². The Kier molecular flexibility index (Phi) is 21.8. The molecule has 0 aliphatic carbocycles. The quantitative estimate of drug-likeness (QED) is 0.399. The molecule has 0 saturated carbocycles. The Morgan fingerprint density at radius 3 is 2.00 bits per heavy atom. The molecule has 0 aromatic heterocycles. The van der Waals surface area contributed by atoms with Crippen LogP contribution in [0.2, 0.25) is 0 Å². The van der Waals surface area contributed by atoms with Crippen LogP contribution in [0.3, 0.4) is 0 Å². The van der Waals surface area contributed by atoms with Crippen molar-refractivity contribution < 1.29 is 66.0 Å². The summed E-state index contributed by atoms with van der Waals surface area (Å²) in [6.45, 7) is 0.169. The molecule has 0 rings (SSSR count). The fourth-order valence-electron chi connectivity index (χ4n) is 0.118. The average molecular weight is 147 g/mol. The Morgan fingerprint density at radius 1 is 1.62 bits per heavy atom. The van der Waals surface area contributed by atoms with Crippen LogP contribution < -0.4 is 62.2 Å². The number of carboxylic acids is 1. The van der Waals surface area contributed by atoms with Crippen LogP contribution in [0, 0.1) is 0 Å². The molecule has 0 bridgehead atoms. The van der Waals surface area contributed by atoms with Gasteiger partial charge in [-0.1, -0.05) is 0 Å². The van der Waals surface area contributed by atoms with Gasteiger partial charge >= 0.3 is 51.4 Å². The summed E-state index contributed by atoms with van der Waals surface area (Å²) in [5.41, 5.74) is 4.81. The fourth-order valence-corrected chi connectivity index (χ4v) is 0.118. The molecule has 0 unspecified atom stereocenters. The summed E-state index contributed by atoms with van der Waals surface area (Å²) in [6.07, 6.45) is -0.0417. The molecule has 0 atom stereocenters. The van der Waals surface area contributed by atoms with Crippen LogP contribution in [0.15, 0.2) is 0 Å². The molecule has 0 radical (unpaired) electrons. The average Bonchev–Trinajstić information content (AvgIpc) is 1.35. The number of hydrogen-bond donors (Lipinski definition) is 1. The molecule has 44 valence electrons. The minimum atomic E-state index is -1.09. The van der Waals surface area contributed by atoms with Crippen LogP contribution in [0.25, 0.3) is 0 Å². The third kappa shape index (κ3) is 15.8. The summed E-state index contributed by atoms with van der Waals surface area (Å²) < 4.78 is 0. The molecule has 2 N–H and O–H groups in total. The smallest absolute Gasteiger partial charge is 0.550 e. The topological polar surface area (TPSA) is 66.2 Å². The summed E-state index contributed by atoms with van der Waals surface area (Å²) in [6, 6.07) is 0. The number of halogens is 1. The molecule has 0 aromatic rings. The van der Waals surface area contributed by atoms with Gasteiger partial charge in [0.15, 0.2) is 0 Å². The summed E-state index contributed by atoms with van der Waals surface area (Å²) in [4.78, 5) is 9.41. The van der Waals surface area contributed by atoms with Gasteiger partial charge in [0.05, 0.1) is 0 Å². The molecular formula is C3H7FKNO2. The van der Waals surface area contributed by atoms with E-state index in [1.54, 1.807) is 0 Å². The van der Waals surface area contributed by atoms with E-state index in [4.69, 9.17) is 5.73 Å². The van der Waals surface area contributed by atoms with Gasteiger partial charge in [-0.2, -0.15) is 0 Å². The van der Waals surface area contributed by atoms with Gasteiger partial charge in [-0.05, 0) is 13.0 Å². The van der Waals surface area contributed by atoms with E-state index in [9.17, 15) is 9.90 Å². The normalized spacial score (nSPS) is 6.12. The number of nitrogens with two attached hydrogens (primary N) is 1. The van der Waals surface area contributed by atoms with Crippen LogP contribution in [-0.2, 0) is 4.79 Å². The van der Waals surface area contributed by atoms with Gasteiger partial charge in [0.25, 0.3) is 0 Å². The van der Waals surface area contributed by atoms with Crippen molar-refractivity contribution in [2.45, 2.75) is 6.42 Å². The fraction of sp³-hybridized carbons (Fsp3) is 0.667. The Morgan fingerprint density at radius 2 is 2.00 bits per heavy atom. The van der Waals surface area contributed by atoms with E-state index < -0.39 is 5.97 Å². The Balaban J connectivity index is -0.000000125. The van der Waals surface area contributed by atoms with E-state index in [1.807, 2.05) is 0 Å². The monoisotopic (exact) mass is 147 g/mol. The zero-order valence-corrected chi connectivity index (χ0v) is 7.84. The third-order valence-corrected chi connectivity index (χ3v) is 0.348. The van der Waals surface area contributed by atoms with E-state index >= 15 is 0 Å². The van der Waals surface area contributed by atoms with E-state index in [-0.39, 0.29) is 69.1 Å². The molecule has 0 aliphatic rings. The molecule has 8 heavy (non-hydrogen) atoms. The summed E-state index contributed by atoms with van der Waals surface area (Å²) in [5.74, 6) is -1.09. The van der Waals surface area contributed by atoms with Gasteiger partial charge in [0, 0.05) is 5.97 Å². The molecule has 0 fully saturated rings. The second kappa shape index (κ2) is 10.9. The molecular weight excluding hydrogens is 140 g/mol. The first-order valence-electron chi connectivity index (χ1n) is 1.67. The van der Waals surface area contributed by atoms with E-state index in [0.717, 1.165) is 0 Å². The molecule has 5 heteroatoms. The molecule has 0 spiro atoms. The molecule has 0 saturated heterocycles. The number of hydrogen-bond acceptors (Lipinski definition) is 3. The summed E-state index contributed by atoms with van der Waals surface area (Å²) >= 11 is 0. The number of aliphatic carboxylic acids is 1. The Labute approximate surface area is 89.4 Å². The predicted molar refractivity (Wildman–Crippen MR) is 21.2 cm³/mol. The van der Waals surface area contributed by atoms with Crippen molar-refractivity contribution in [3.05, 3.63) is 0 Å². The first kappa shape index (κ1) is 16.0. The first-order valence-corrected chi connectivity index (χ1v) is 1.67. The van der Waals surface area contributed by atoms with Crippen molar-refractivity contribution in [1.29, 1.82) is 0 Å². The maximum atomic E-state index is 9.41. The first-order chi connectivity index (χ1) is 2.77. The van der Waals surface area contributed by atoms with E-state index in [2.05, 4.69) is 0 Å². The third-order valence-electron chi connectivity index (χ3n) is 0.348. The van der Waals surface area contributed by atoms with Gasteiger partial charge in [0.1, 0.15) is 0 Å². The predicted octanol–water partition coefficient (Wildman–Crippen LogP) is -4.76. The molecule has 3 nitrogen and oxygen atoms in total. The second-order valence-electron chi connectivity index (χ2n) is 0.911. The minimum absolute atomic E-state index is 0. The summed E-state index contributed by atoms with van der Waals surface area (Å²) in [7, 11) is 0. The standard InChI is InChI=1S/C3H7NO2.FH.K/c4-2-1-3(5)6;;/h1-2,4H2,(H,5,6);1H;/q;;+1/p-1. The molecule has 0 amide bonds. The number of carbonyl (C=O) groups is 1. The van der Waals surface area contributed by atoms with Gasteiger partial charge < -0.3 is 15.6 Å². The van der Waals surface area contributed by atoms with Crippen molar-refractivity contribution in [1.82, 2.24) is 0 Å². The number of carboxylic acid groups (broad SMARTS) is 1. The van der Waals surface area contributed by atoms with Crippen molar-refractivity contribution >= 4 is 5.97 Å². The molecule has 0 aliphatic heterocycles. The number of rotatable bonds is 2. The maximum absolute atomic E-state index is 9.41. The van der Waals surface area contributed by atoms with E-state index in [0.29, 0.717) is 0 Å². The molecule has 0 heterocycles. The zero-order valence-electron chi connectivity index (χ0n) is 4.72. The SMILES string of the molecule is F.NCCC(=O)[O-].[K+]. The van der Waals surface area contributed by atoms with Crippen LogP contribution in [0.1, 0.15) is 6.42 Å². The van der Waals surface area contributed by atoms with E-state index in [1.165, 1.54) is 0 Å². The van der Waals surface area contributed by atoms with Gasteiger partial charge in [-0.25, -0.2) is 0 Å². The maximum Gasteiger partial charge on any atom is 1.00 e. The van der Waals surface area contributed by atoms with Crippen LogP contribution in [0.4, 0.5) is 4.70 Å². The zero-order chi connectivity index (χ0) is 4.99. The van der Waals surface area contributed by atoms with Crippen molar-refractivity contribution in [2.24, 2.45) is 5.73 Å². The van der Waals surface area contributed by atoms with Crippen molar-refractivity contribution in [3.8, 4) is 0 Å². The largest absolute Gasteiger partial charge is 1.00 e. The van der Waals surface area contributed by atoms with Crippen molar-refractivity contribution in [3.63, 3.8) is 0 Å². The summed E-state index contributed by atoms with van der Waals surface area (Å²) in [5, 5.41) is 9.41. The van der Waals surface area contributed by atoms with Gasteiger partial charge in [-0.3, -0.25) is 4.70 Å². The van der Waals surface area contributed by atoms with Crippen LogP contribution in [0.5, 0.6) is 0 Å². The molecule has 0 aromatic carbocycles. The number of carbonyl (C=O) groups excluding carboxylic acids is 1. The Bertz CT molecular complexity index is 61.2. The van der Waals surface area contributed by atoms with Crippen LogP contribution >= 0.6 is 0 Å².